The Morgan fingerprint density at radius 3 is 2.72 bits per heavy atom. The highest BCUT2D eigenvalue weighted by atomic mass is 32.1. The summed E-state index contributed by atoms with van der Waals surface area (Å²) in [5.74, 6) is -2.41. The molecule has 3 heterocycles. The molecule has 0 amide bonds. The molecule has 46 heavy (non-hydrogen) atoms. The van der Waals surface area contributed by atoms with Crippen molar-refractivity contribution in [1.29, 1.82) is 0 Å². The number of nitrogens with zero attached hydrogens (tertiary/aromatic N) is 1. The molecule has 252 valence electrons. The van der Waals surface area contributed by atoms with Gasteiger partial charge in [-0.25, -0.2) is 4.98 Å². The zero-order valence-corrected chi connectivity index (χ0v) is 28.8. The van der Waals surface area contributed by atoms with Crippen LogP contribution < -0.4 is 5.73 Å². The summed E-state index contributed by atoms with van der Waals surface area (Å²) in [6.45, 7) is 15.6. The Bertz CT molecular complexity index is 1390. The molecular weight excluding hydrogens is 604 g/mol. The molecule has 2 fully saturated rings. The largest absolute Gasteiger partial charge is 0.461 e. The van der Waals surface area contributed by atoms with E-state index in [9.17, 15) is 19.5 Å². The number of hydrogen-bond donors (Lipinski definition) is 2. The van der Waals surface area contributed by atoms with Crippen LogP contribution in [0.15, 0.2) is 24.3 Å². The summed E-state index contributed by atoms with van der Waals surface area (Å²) in [5, 5.41) is 12.4. The minimum atomic E-state index is -1.32. The number of cyclic esters (lactones) is 1. The standard InChI is InChI=1S/C36H51N2O7S/c1-7-12-25-33(41)22(2)13-11-17-36(6)30(45-36)20-27(24-15-16-28-26(19-24)38-23(3)46-28)43-32(40)21-29(35(4,5)34(25)42)44-31(39)14-9-8-10-18-37/h1,7,15-16,19,22,25,27,29-30,33,41H,8-14,17-18,20-21,37H2,2-6H3/q+1/t22-,25+,27-,29-,30-,33-,36+/m0/s1. The van der Waals surface area contributed by atoms with E-state index in [1.165, 1.54) is 6.08 Å². The molecule has 2 aromatic rings. The van der Waals surface area contributed by atoms with Crippen LogP contribution in [0.5, 0.6) is 0 Å². The van der Waals surface area contributed by atoms with Gasteiger partial charge in [-0.15, -0.1) is 11.3 Å². The number of fused-ring (bicyclic) bond motifs is 2. The minimum absolute atomic E-state index is 0.119. The first-order valence-electron chi connectivity index (χ1n) is 16.7. The van der Waals surface area contributed by atoms with E-state index in [0.29, 0.717) is 25.8 Å². The molecule has 0 bridgehead atoms. The van der Waals surface area contributed by atoms with Gasteiger partial charge in [-0.1, -0.05) is 25.8 Å². The van der Waals surface area contributed by atoms with Crippen LogP contribution in [-0.2, 0) is 28.6 Å². The molecule has 2 aliphatic heterocycles. The van der Waals surface area contributed by atoms with Crippen LogP contribution in [0.4, 0.5) is 0 Å². The zero-order chi connectivity index (χ0) is 33.6. The van der Waals surface area contributed by atoms with Crippen LogP contribution in [0.1, 0.15) is 109 Å². The summed E-state index contributed by atoms with van der Waals surface area (Å²) in [4.78, 5) is 45.6. The van der Waals surface area contributed by atoms with Gasteiger partial charge >= 0.3 is 11.9 Å². The number of ketones is 1. The molecular formula is C36H51N2O7S+. The number of aliphatic hydroxyl groups is 1. The highest BCUT2D eigenvalue weighted by Gasteiger charge is 2.53. The summed E-state index contributed by atoms with van der Waals surface area (Å²) in [5.41, 5.74) is 5.55. The summed E-state index contributed by atoms with van der Waals surface area (Å²) in [6, 6.07) is 5.91. The van der Waals surface area contributed by atoms with Crippen molar-refractivity contribution in [3.05, 3.63) is 41.4 Å². The van der Waals surface area contributed by atoms with E-state index in [-0.39, 0.29) is 42.7 Å². The smallest absolute Gasteiger partial charge is 0.310 e. The fourth-order valence-corrected chi connectivity index (χ4v) is 7.46. The number of nitrogens with two attached hydrogens (primary N) is 1. The highest BCUT2D eigenvalue weighted by molar-refractivity contribution is 7.18. The topological polar surface area (TPSA) is 141 Å². The summed E-state index contributed by atoms with van der Waals surface area (Å²) in [7, 11) is 0. The van der Waals surface area contributed by atoms with Crippen molar-refractivity contribution < 1.29 is 33.7 Å². The summed E-state index contributed by atoms with van der Waals surface area (Å²) < 4.78 is 19.3. The van der Waals surface area contributed by atoms with Crippen LogP contribution in [0.2, 0.25) is 0 Å². The first-order valence-corrected chi connectivity index (χ1v) is 17.5. The average Bonchev–Trinajstić information content (AvgIpc) is 3.47. The molecule has 9 nitrogen and oxygen atoms in total. The Kier molecular flexibility index (Phi) is 12.1. The number of allylic oxidation sites excluding steroid dienone is 1. The summed E-state index contributed by atoms with van der Waals surface area (Å²) >= 11 is 1.60. The second-order valence-corrected chi connectivity index (χ2v) is 15.1. The number of thiazole rings is 1. The maximum atomic E-state index is 14.2. The number of unbranched alkanes of at least 4 members (excludes halogenated alkanes) is 2. The third-order valence-electron chi connectivity index (χ3n) is 9.83. The molecule has 0 unspecified atom stereocenters. The molecule has 3 N–H and O–H groups in total. The number of aromatic nitrogens is 1. The van der Waals surface area contributed by atoms with Crippen LogP contribution >= 0.6 is 11.3 Å². The van der Waals surface area contributed by atoms with Gasteiger partial charge < -0.3 is 25.1 Å². The van der Waals surface area contributed by atoms with Crippen molar-refractivity contribution in [2.45, 2.75) is 129 Å². The minimum Gasteiger partial charge on any atom is -0.461 e. The molecule has 0 spiro atoms. The maximum Gasteiger partial charge on any atom is 0.310 e. The highest BCUT2D eigenvalue weighted by Crippen LogP contribution is 2.47. The molecule has 0 aliphatic carbocycles. The van der Waals surface area contributed by atoms with Gasteiger partial charge in [0.25, 0.3) is 0 Å². The van der Waals surface area contributed by atoms with Gasteiger partial charge in [0, 0.05) is 19.3 Å². The molecule has 0 saturated carbocycles. The van der Waals surface area contributed by atoms with Crippen LogP contribution in [0.3, 0.4) is 0 Å². The van der Waals surface area contributed by atoms with Gasteiger partial charge in [-0.05, 0) is 83.5 Å². The Labute approximate surface area is 277 Å². The average molecular weight is 656 g/mol. The molecule has 10 heteroatoms. The summed E-state index contributed by atoms with van der Waals surface area (Å²) in [6.07, 6.45) is 3.40. The molecule has 2 saturated heterocycles. The van der Waals surface area contributed by atoms with Crippen molar-refractivity contribution in [3.63, 3.8) is 0 Å². The zero-order valence-electron chi connectivity index (χ0n) is 28.0. The molecule has 1 aromatic carbocycles. The second-order valence-electron chi connectivity index (χ2n) is 13.9. The van der Waals surface area contributed by atoms with Crippen LogP contribution in [0, 0.1) is 30.8 Å². The lowest BCUT2D eigenvalue weighted by Crippen LogP contribution is -2.48. The monoisotopic (exact) mass is 655 g/mol. The maximum absolute atomic E-state index is 14.2. The normalized spacial score (nSPS) is 30.7. The fraction of sp³-hybridized carbons (Fsp3) is 0.667. The van der Waals surface area contributed by atoms with Crippen molar-refractivity contribution in [2.75, 3.05) is 6.54 Å². The van der Waals surface area contributed by atoms with Crippen molar-refractivity contribution >= 4 is 39.3 Å². The number of ether oxygens (including phenoxy) is 3. The fourth-order valence-electron chi connectivity index (χ4n) is 6.65. The number of esters is 2. The number of epoxide rings is 1. The molecule has 0 radical (unpaired) electrons. The van der Waals surface area contributed by atoms with E-state index < -0.39 is 41.6 Å². The van der Waals surface area contributed by atoms with Gasteiger partial charge in [-0.2, -0.15) is 0 Å². The third kappa shape index (κ3) is 8.78. The molecule has 7 atom stereocenters. The van der Waals surface area contributed by atoms with Gasteiger partial charge in [0.1, 0.15) is 18.0 Å². The van der Waals surface area contributed by atoms with E-state index in [1.54, 1.807) is 25.2 Å². The third-order valence-corrected chi connectivity index (χ3v) is 10.8. The van der Waals surface area contributed by atoms with Crippen molar-refractivity contribution in [2.24, 2.45) is 23.0 Å². The Morgan fingerprint density at radius 2 is 2.00 bits per heavy atom. The van der Waals surface area contributed by atoms with E-state index in [0.717, 1.165) is 46.5 Å². The SMILES string of the molecule is [CH+]=CC[C@H]1C(=O)C(C)(C)[C@@H](OC(=O)CCCCCN)CC(=O)O[C@H](c2ccc3sc(C)nc3c2)C[C@@H]2O[C@]2(C)CCC[C@H](C)[C@@H]1O. The Balaban J connectivity index is 1.67. The second kappa shape index (κ2) is 15.4. The number of hydrogen-bond acceptors (Lipinski definition) is 10. The van der Waals surface area contributed by atoms with E-state index in [1.807, 2.05) is 32.0 Å². The predicted molar refractivity (Wildman–Crippen MR) is 178 cm³/mol. The van der Waals surface area contributed by atoms with Crippen molar-refractivity contribution in [3.8, 4) is 0 Å². The lowest BCUT2D eigenvalue weighted by Gasteiger charge is -2.37. The number of aliphatic hydroxyl groups excluding tert-OH is 1. The Morgan fingerprint density at radius 1 is 1.24 bits per heavy atom. The van der Waals surface area contributed by atoms with Crippen LogP contribution in [-0.4, -0.2) is 58.3 Å². The van der Waals surface area contributed by atoms with Gasteiger partial charge in [0.15, 0.2) is 6.08 Å². The Hall–Kier alpha value is -2.75. The van der Waals surface area contributed by atoms with E-state index in [2.05, 4.69) is 11.9 Å². The number of carbonyl (C=O) groups is 3. The lowest BCUT2D eigenvalue weighted by atomic mass is 9.71. The van der Waals surface area contributed by atoms with E-state index >= 15 is 0 Å². The number of aryl methyl sites for hydroxylation is 1. The van der Waals surface area contributed by atoms with Gasteiger partial charge in [0.2, 0.25) is 6.58 Å². The van der Waals surface area contributed by atoms with Crippen LogP contribution in [0.25, 0.3) is 10.2 Å². The van der Waals surface area contributed by atoms with Gasteiger partial charge in [0.05, 0.1) is 50.8 Å². The lowest BCUT2D eigenvalue weighted by molar-refractivity contribution is -0.168. The first-order chi connectivity index (χ1) is 21.8. The predicted octanol–water partition coefficient (Wildman–Crippen LogP) is 6.33. The first kappa shape index (κ1) is 36.1. The number of benzene rings is 1. The number of rotatable bonds is 9. The number of carbonyl (C=O) groups excluding carboxylic acids is 3. The quantitative estimate of drug-likeness (QED) is 0.137. The molecule has 4 rings (SSSR count). The molecule has 2 aliphatic rings. The molecule has 1 aromatic heterocycles. The van der Waals surface area contributed by atoms with Crippen molar-refractivity contribution in [1.82, 2.24) is 4.98 Å². The number of Topliss-reactive ketones (excluding diaryl/α,β-unsaturated/α-hetero) is 1. The van der Waals surface area contributed by atoms with E-state index in [4.69, 9.17) is 26.5 Å². The van der Waals surface area contributed by atoms with Gasteiger partial charge in [-0.3, -0.25) is 14.4 Å².